The second kappa shape index (κ2) is 9.32. The van der Waals surface area contributed by atoms with E-state index in [1.807, 2.05) is 31.3 Å². The minimum atomic E-state index is -3.50. The topological polar surface area (TPSA) is 82.3 Å². The molecule has 0 unspecified atom stereocenters. The molecular weight excluding hydrogens is 454 g/mol. The Kier molecular flexibility index (Phi) is 6.71. The summed E-state index contributed by atoms with van der Waals surface area (Å²) in [5, 5.41) is 4.24. The molecule has 0 bridgehead atoms. The number of carbonyl (C=O) groups excluding carboxylic acids is 1. The molecule has 0 spiro atoms. The van der Waals surface area contributed by atoms with Crippen LogP contribution in [0.1, 0.15) is 25.3 Å². The van der Waals surface area contributed by atoms with E-state index < -0.39 is 10.0 Å². The molecule has 0 radical (unpaired) electrons. The third-order valence-electron chi connectivity index (χ3n) is 6.13. The molecule has 1 aliphatic rings. The van der Waals surface area contributed by atoms with Gasteiger partial charge in [0.15, 0.2) is 0 Å². The van der Waals surface area contributed by atoms with Crippen molar-refractivity contribution in [1.82, 2.24) is 14.6 Å². The number of aromatic nitrogens is 1. The van der Waals surface area contributed by atoms with Gasteiger partial charge in [-0.15, -0.1) is 11.3 Å². The Bertz CT molecular complexity index is 1160. The molecule has 166 valence electrons. The van der Waals surface area contributed by atoms with Gasteiger partial charge in [0.2, 0.25) is 5.91 Å². The Labute approximate surface area is 191 Å². The number of hydrogen-bond acceptors (Lipinski definition) is 4. The van der Waals surface area contributed by atoms with Gasteiger partial charge in [-0.1, -0.05) is 36.7 Å². The van der Waals surface area contributed by atoms with Crippen molar-refractivity contribution < 1.29 is 13.2 Å². The highest BCUT2D eigenvalue weighted by molar-refractivity contribution is 7.91. The van der Waals surface area contributed by atoms with Gasteiger partial charge in [-0.3, -0.25) is 4.79 Å². The maximum atomic E-state index is 12.8. The molecule has 4 rings (SSSR count). The van der Waals surface area contributed by atoms with Crippen molar-refractivity contribution >= 4 is 49.8 Å². The molecule has 3 aromatic rings. The molecule has 1 aromatic carbocycles. The Morgan fingerprint density at radius 3 is 2.71 bits per heavy atom. The molecule has 0 aliphatic carbocycles. The smallest absolute Gasteiger partial charge is 0.252 e. The number of para-hydroxylation sites is 1. The summed E-state index contributed by atoms with van der Waals surface area (Å²) in [7, 11) is -3.50. The lowest BCUT2D eigenvalue weighted by Crippen LogP contribution is -2.42. The molecule has 1 fully saturated rings. The summed E-state index contributed by atoms with van der Waals surface area (Å²) in [6.07, 6.45) is 4.12. The number of halogens is 1. The van der Waals surface area contributed by atoms with Crippen LogP contribution in [0.15, 0.2) is 46.8 Å². The normalized spacial score (nSPS) is 17.1. The molecule has 2 N–H and O–H groups in total. The number of hydrogen-bond donors (Lipinski definition) is 2. The van der Waals surface area contributed by atoms with Crippen molar-refractivity contribution in [1.29, 1.82) is 0 Å². The van der Waals surface area contributed by atoms with Gasteiger partial charge in [0.1, 0.15) is 4.21 Å². The average Bonchev–Trinajstić information content (AvgIpc) is 3.40. The monoisotopic (exact) mass is 479 g/mol. The largest absolute Gasteiger partial charge is 0.361 e. The van der Waals surface area contributed by atoms with Gasteiger partial charge < -0.3 is 10.3 Å². The zero-order valence-corrected chi connectivity index (χ0v) is 19.7. The second-order valence-electron chi connectivity index (χ2n) is 7.99. The van der Waals surface area contributed by atoms with Gasteiger partial charge in [0, 0.05) is 42.7 Å². The molecule has 1 saturated heterocycles. The van der Waals surface area contributed by atoms with Crippen LogP contribution in [0.3, 0.4) is 0 Å². The first kappa shape index (κ1) is 22.3. The van der Waals surface area contributed by atoms with Gasteiger partial charge in [0.05, 0.1) is 4.34 Å². The summed E-state index contributed by atoms with van der Waals surface area (Å²) >= 11 is 6.98. The predicted molar refractivity (Wildman–Crippen MR) is 125 cm³/mol. The number of rotatable bonds is 7. The summed E-state index contributed by atoms with van der Waals surface area (Å²) in [6.45, 7) is 3.37. The van der Waals surface area contributed by atoms with E-state index in [1.54, 1.807) is 12.1 Å². The van der Waals surface area contributed by atoms with Crippen LogP contribution in [0, 0.1) is 11.8 Å². The van der Waals surface area contributed by atoms with Gasteiger partial charge in [-0.05, 0) is 48.9 Å². The van der Waals surface area contributed by atoms with E-state index in [-0.39, 0.29) is 22.0 Å². The Hall–Kier alpha value is -1.87. The number of aromatic amines is 1. The standard InChI is InChI=1S/C22H26ClN3O3S2/c1-15(22(27)24-11-8-17-14-25-19-5-3-2-4-18(17)19)16-9-12-26(13-10-16)31(28,29)21-7-6-20(23)30-21/h2-7,14-16,25H,8-13H2,1H3,(H,24,27)/t15-/m1/s1. The molecule has 3 heterocycles. The van der Waals surface area contributed by atoms with E-state index in [0.29, 0.717) is 36.8 Å². The number of benzene rings is 1. The molecule has 1 aliphatic heterocycles. The SMILES string of the molecule is C[C@@H](C(=O)NCCc1c[nH]c2ccccc12)C1CCN(S(=O)(=O)c2ccc(Cl)s2)CC1. The summed E-state index contributed by atoms with van der Waals surface area (Å²) in [5.74, 6) is 0.0571. The van der Waals surface area contributed by atoms with Crippen molar-refractivity contribution in [2.75, 3.05) is 19.6 Å². The number of piperidine rings is 1. The predicted octanol–water partition coefficient (Wildman–Crippen LogP) is 4.28. The van der Waals surface area contributed by atoms with Crippen molar-refractivity contribution in [2.45, 2.75) is 30.4 Å². The number of sulfonamides is 1. The lowest BCUT2D eigenvalue weighted by Gasteiger charge is -2.33. The number of thiophene rings is 1. The molecule has 31 heavy (non-hydrogen) atoms. The molecule has 2 aromatic heterocycles. The van der Waals surface area contributed by atoms with Gasteiger partial charge in [0.25, 0.3) is 10.0 Å². The Morgan fingerprint density at radius 1 is 1.26 bits per heavy atom. The van der Waals surface area contributed by atoms with Crippen LogP contribution in [-0.2, 0) is 21.2 Å². The van der Waals surface area contributed by atoms with Crippen LogP contribution in [0.25, 0.3) is 10.9 Å². The van der Waals surface area contributed by atoms with Crippen molar-refractivity contribution in [3.8, 4) is 0 Å². The highest BCUT2D eigenvalue weighted by Crippen LogP contribution is 2.32. The average molecular weight is 480 g/mol. The minimum Gasteiger partial charge on any atom is -0.361 e. The van der Waals surface area contributed by atoms with E-state index in [9.17, 15) is 13.2 Å². The molecule has 1 amide bonds. The number of carbonyl (C=O) groups is 1. The maximum absolute atomic E-state index is 12.8. The van der Waals surface area contributed by atoms with Crippen LogP contribution >= 0.6 is 22.9 Å². The number of nitrogens with zero attached hydrogens (tertiary/aromatic N) is 1. The summed E-state index contributed by atoms with van der Waals surface area (Å²) < 4.78 is 27.8. The third-order valence-corrected chi connectivity index (χ3v) is 9.73. The van der Waals surface area contributed by atoms with Gasteiger partial charge >= 0.3 is 0 Å². The molecular formula is C22H26ClN3O3S2. The van der Waals surface area contributed by atoms with Crippen LogP contribution < -0.4 is 5.32 Å². The van der Waals surface area contributed by atoms with Crippen molar-refractivity contribution in [2.24, 2.45) is 11.8 Å². The van der Waals surface area contributed by atoms with Crippen LogP contribution in [0.5, 0.6) is 0 Å². The molecule has 1 atom stereocenters. The number of amides is 1. The van der Waals surface area contributed by atoms with E-state index in [2.05, 4.69) is 16.4 Å². The highest BCUT2D eigenvalue weighted by atomic mass is 35.5. The lowest BCUT2D eigenvalue weighted by atomic mass is 9.85. The first-order valence-corrected chi connectivity index (χ1v) is 13.1. The maximum Gasteiger partial charge on any atom is 0.252 e. The van der Waals surface area contributed by atoms with Crippen LogP contribution in [0.2, 0.25) is 4.34 Å². The highest BCUT2D eigenvalue weighted by Gasteiger charge is 2.34. The molecule has 6 nitrogen and oxygen atoms in total. The van der Waals surface area contributed by atoms with E-state index in [1.165, 1.54) is 15.3 Å². The Morgan fingerprint density at radius 2 is 2.00 bits per heavy atom. The fraction of sp³-hybridized carbons (Fsp3) is 0.409. The lowest BCUT2D eigenvalue weighted by molar-refractivity contribution is -0.126. The molecule has 0 saturated carbocycles. The first-order valence-electron chi connectivity index (χ1n) is 10.4. The van der Waals surface area contributed by atoms with Crippen LogP contribution in [0.4, 0.5) is 0 Å². The quantitative estimate of drug-likeness (QED) is 0.530. The minimum absolute atomic E-state index is 0.0335. The van der Waals surface area contributed by atoms with Crippen LogP contribution in [-0.4, -0.2) is 43.2 Å². The number of fused-ring (bicyclic) bond motifs is 1. The van der Waals surface area contributed by atoms with Crippen molar-refractivity contribution in [3.63, 3.8) is 0 Å². The summed E-state index contributed by atoms with van der Waals surface area (Å²) in [6, 6.07) is 11.3. The first-order chi connectivity index (χ1) is 14.9. The zero-order chi connectivity index (χ0) is 22.0. The Balaban J connectivity index is 1.27. The summed E-state index contributed by atoms with van der Waals surface area (Å²) in [4.78, 5) is 15.9. The third kappa shape index (κ3) is 4.82. The van der Waals surface area contributed by atoms with E-state index >= 15 is 0 Å². The zero-order valence-electron chi connectivity index (χ0n) is 17.3. The van der Waals surface area contributed by atoms with E-state index in [4.69, 9.17) is 11.6 Å². The van der Waals surface area contributed by atoms with Crippen molar-refractivity contribution in [3.05, 3.63) is 52.5 Å². The number of nitrogens with one attached hydrogen (secondary N) is 2. The molecule has 9 heteroatoms. The second-order valence-corrected chi connectivity index (χ2v) is 11.9. The van der Waals surface area contributed by atoms with Gasteiger partial charge in [-0.25, -0.2) is 8.42 Å². The fourth-order valence-corrected chi connectivity index (χ4v) is 7.32. The fourth-order valence-electron chi connectivity index (χ4n) is 4.21. The number of H-pyrrole nitrogens is 1. The summed E-state index contributed by atoms with van der Waals surface area (Å²) in [5.41, 5.74) is 2.29. The van der Waals surface area contributed by atoms with Gasteiger partial charge in [-0.2, -0.15) is 4.31 Å². The van der Waals surface area contributed by atoms with E-state index in [0.717, 1.165) is 23.3 Å².